The number of fused-ring (bicyclic) bond motifs is 7. The summed E-state index contributed by atoms with van der Waals surface area (Å²) < 4.78 is 0. The van der Waals surface area contributed by atoms with Gasteiger partial charge in [0.25, 0.3) is 0 Å². The normalized spacial score (nSPS) is 18.1. The van der Waals surface area contributed by atoms with Crippen molar-refractivity contribution in [1.82, 2.24) is 4.90 Å². The molecule has 0 fully saturated rings. The molecule has 1 aliphatic heterocycles. The lowest BCUT2D eigenvalue weighted by molar-refractivity contribution is 0.0698. The van der Waals surface area contributed by atoms with Gasteiger partial charge in [0.1, 0.15) is 0 Å². The molecule has 152 valence electrons. The third-order valence-electron chi connectivity index (χ3n) is 7.28. The summed E-state index contributed by atoms with van der Waals surface area (Å²) in [5.41, 5.74) is 5.95. The molecule has 4 aromatic carbocycles. The number of rotatable bonds is 1. The van der Waals surface area contributed by atoms with Gasteiger partial charge < -0.3 is 0 Å². The summed E-state index contributed by atoms with van der Waals surface area (Å²) in [7, 11) is 0. The maximum Gasteiger partial charge on any atom is 0.0332 e. The van der Waals surface area contributed by atoms with E-state index in [2.05, 4.69) is 112 Å². The van der Waals surface area contributed by atoms with Crippen LogP contribution < -0.4 is 0 Å². The maximum absolute atomic E-state index is 2.70. The van der Waals surface area contributed by atoms with Crippen molar-refractivity contribution in [3.63, 3.8) is 0 Å². The minimum atomic E-state index is 0.215. The summed E-state index contributed by atoms with van der Waals surface area (Å²) in [4.78, 5) is 2.70. The average molecular weight is 394 g/mol. The lowest BCUT2D eigenvalue weighted by Crippen LogP contribution is -2.42. The first kappa shape index (κ1) is 19.3. The quantitative estimate of drug-likeness (QED) is 0.317. The molecule has 0 unspecified atom stereocenters. The fourth-order valence-electron chi connectivity index (χ4n) is 5.14. The van der Waals surface area contributed by atoms with E-state index in [0.717, 1.165) is 6.54 Å². The van der Waals surface area contributed by atoms with Gasteiger partial charge in [0, 0.05) is 18.6 Å². The van der Waals surface area contributed by atoms with Crippen molar-refractivity contribution in [2.24, 2.45) is 5.41 Å². The van der Waals surface area contributed by atoms with Gasteiger partial charge in [-0.05, 0) is 63.1 Å². The molecule has 4 aromatic rings. The topological polar surface area (TPSA) is 3.24 Å². The molecule has 1 heteroatoms. The second kappa shape index (κ2) is 6.96. The van der Waals surface area contributed by atoms with Crippen molar-refractivity contribution in [3.8, 4) is 11.1 Å². The standard InChI is InChI=1S/C29H31N/c1-19-24-17-16-22-11-7-9-13-26(22)28(24)27-23(18-30(19)20(2)29(3,4)5)15-14-21-10-6-8-12-25(21)27/h6-17,19-20H,18H2,1-5H3/t19-,20+/m1/s1. The van der Waals surface area contributed by atoms with Crippen molar-refractivity contribution in [2.75, 3.05) is 0 Å². The minimum Gasteiger partial charge on any atom is -0.289 e. The minimum absolute atomic E-state index is 0.215. The lowest BCUT2D eigenvalue weighted by atomic mass is 9.85. The van der Waals surface area contributed by atoms with Crippen molar-refractivity contribution in [2.45, 2.75) is 53.2 Å². The molecular formula is C29H31N. The first-order valence-corrected chi connectivity index (χ1v) is 11.1. The largest absolute Gasteiger partial charge is 0.289 e. The predicted octanol–water partition coefficient (Wildman–Crippen LogP) is 7.97. The van der Waals surface area contributed by atoms with E-state index in [1.54, 1.807) is 0 Å². The van der Waals surface area contributed by atoms with Gasteiger partial charge >= 0.3 is 0 Å². The van der Waals surface area contributed by atoms with Gasteiger partial charge in [-0.1, -0.05) is 93.6 Å². The Labute approximate surface area is 180 Å². The van der Waals surface area contributed by atoms with E-state index >= 15 is 0 Å². The summed E-state index contributed by atoms with van der Waals surface area (Å²) in [6.07, 6.45) is 0. The summed E-state index contributed by atoms with van der Waals surface area (Å²) in [6.45, 7) is 12.8. The Morgan fingerprint density at radius 2 is 1.33 bits per heavy atom. The highest BCUT2D eigenvalue weighted by Gasteiger charge is 2.34. The molecule has 0 aromatic heterocycles. The van der Waals surface area contributed by atoms with Crippen molar-refractivity contribution < 1.29 is 0 Å². The fraction of sp³-hybridized carbons (Fsp3) is 0.310. The van der Waals surface area contributed by atoms with Crippen LogP contribution in [0.25, 0.3) is 32.7 Å². The zero-order chi connectivity index (χ0) is 21.0. The fourth-order valence-corrected chi connectivity index (χ4v) is 5.14. The van der Waals surface area contributed by atoms with Crippen LogP contribution in [0.4, 0.5) is 0 Å². The summed E-state index contributed by atoms with van der Waals surface area (Å²) in [6, 6.07) is 27.9. The Morgan fingerprint density at radius 3 is 1.97 bits per heavy atom. The van der Waals surface area contributed by atoms with Gasteiger partial charge in [0.15, 0.2) is 0 Å². The van der Waals surface area contributed by atoms with Crippen molar-refractivity contribution in [1.29, 1.82) is 0 Å². The molecule has 1 aliphatic rings. The van der Waals surface area contributed by atoms with Crippen LogP contribution in [0.15, 0.2) is 72.8 Å². The Morgan fingerprint density at radius 1 is 0.767 bits per heavy atom. The van der Waals surface area contributed by atoms with E-state index in [1.807, 2.05) is 0 Å². The first-order chi connectivity index (χ1) is 14.4. The van der Waals surface area contributed by atoms with Gasteiger partial charge in [-0.25, -0.2) is 0 Å². The SMILES string of the molecule is C[C@@H]1c2ccc3ccccc3c2-c2c(ccc3ccccc23)CN1[C@@H](C)C(C)(C)C. The molecule has 0 bridgehead atoms. The highest BCUT2D eigenvalue weighted by atomic mass is 15.2. The number of hydrogen-bond acceptors (Lipinski definition) is 1. The molecule has 5 rings (SSSR count). The monoisotopic (exact) mass is 393 g/mol. The molecule has 0 N–H and O–H groups in total. The molecule has 0 aliphatic carbocycles. The van der Waals surface area contributed by atoms with Crippen LogP contribution in [0, 0.1) is 5.41 Å². The Hall–Kier alpha value is -2.64. The van der Waals surface area contributed by atoms with E-state index in [4.69, 9.17) is 0 Å². The summed E-state index contributed by atoms with van der Waals surface area (Å²) >= 11 is 0. The molecule has 30 heavy (non-hydrogen) atoms. The predicted molar refractivity (Wildman–Crippen MR) is 130 cm³/mol. The number of nitrogens with zero attached hydrogens (tertiary/aromatic N) is 1. The van der Waals surface area contributed by atoms with Gasteiger partial charge in [-0.2, -0.15) is 0 Å². The maximum atomic E-state index is 2.70. The molecule has 1 nitrogen and oxygen atoms in total. The molecule has 0 saturated carbocycles. The van der Waals surface area contributed by atoms with Crippen molar-refractivity contribution >= 4 is 21.5 Å². The van der Waals surface area contributed by atoms with E-state index in [0.29, 0.717) is 12.1 Å². The van der Waals surface area contributed by atoms with Gasteiger partial charge in [0.05, 0.1) is 0 Å². The van der Waals surface area contributed by atoms with Crippen LogP contribution >= 0.6 is 0 Å². The molecular weight excluding hydrogens is 362 g/mol. The molecule has 2 atom stereocenters. The summed E-state index contributed by atoms with van der Waals surface area (Å²) in [5, 5.41) is 5.37. The second-order valence-electron chi connectivity index (χ2n) is 9.96. The number of benzene rings is 4. The van der Waals surface area contributed by atoms with E-state index in [-0.39, 0.29) is 5.41 Å². The van der Waals surface area contributed by atoms with Crippen LogP contribution in [0.1, 0.15) is 51.8 Å². The van der Waals surface area contributed by atoms with Crippen LogP contribution in [-0.4, -0.2) is 10.9 Å². The lowest BCUT2D eigenvalue weighted by Gasteiger charge is -2.41. The third-order valence-corrected chi connectivity index (χ3v) is 7.28. The van der Waals surface area contributed by atoms with Gasteiger partial charge in [-0.3, -0.25) is 4.90 Å². The zero-order valence-corrected chi connectivity index (χ0v) is 18.7. The van der Waals surface area contributed by atoms with Crippen LogP contribution in [0.3, 0.4) is 0 Å². The zero-order valence-electron chi connectivity index (χ0n) is 18.7. The smallest absolute Gasteiger partial charge is 0.0332 e. The van der Waals surface area contributed by atoms with E-state index in [9.17, 15) is 0 Å². The summed E-state index contributed by atoms with van der Waals surface area (Å²) in [5.74, 6) is 0. The highest BCUT2D eigenvalue weighted by Crippen LogP contribution is 2.46. The Bertz CT molecular complexity index is 1240. The first-order valence-electron chi connectivity index (χ1n) is 11.1. The third kappa shape index (κ3) is 2.96. The van der Waals surface area contributed by atoms with Gasteiger partial charge in [0.2, 0.25) is 0 Å². The second-order valence-corrected chi connectivity index (χ2v) is 9.96. The van der Waals surface area contributed by atoms with Crippen LogP contribution in [0.2, 0.25) is 0 Å². The highest BCUT2D eigenvalue weighted by molar-refractivity contribution is 6.08. The number of hydrogen-bond donors (Lipinski definition) is 0. The molecule has 0 spiro atoms. The van der Waals surface area contributed by atoms with Crippen molar-refractivity contribution in [3.05, 3.63) is 83.9 Å². The molecule has 1 heterocycles. The van der Waals surface area contributed by atoms with E-state index in [1.165, 1.54) is 43.8 Å². The molecule has 0 saturated heterocycles. The van der Waals surface area contributed by atoms with E-state index < -0.39 is 0 Å². The van der Waals surface area contributed by atoms with Gasteiger partial charge in [-0.15, -0.1) is 0 Å². The van der Waals surface area contributed by atoms with Crippen LogP contribution in [0.5, 0.6) is 0 Å². The Kier molecular flexibility index (Phi) is 4.48. The Balaban J connectivity index is 1.90. The van der Waals surface area contributed by atoms with Crippen LogP contribution in [-0.2, 0) is 6.54 Å². The molecule has 0 amide bonds. The molecule has 0 radical (unpaired) electrons. The average Bonchev–Trinajstić information content (AvgIpc) is 2.87.